The quantitative estimate of drug-likeness (QED) is 0.144. The van der Waals surface area contributed by atoms with Gasteiger partial charge in [-0.1, -0.05) is 91.9 Å². The third-order valence-corrected chi connectivity index (χ3v) is 10.0. The summed E-state index contributed by atoms with van der Waals surface area (Å²) in [5.41, 5.74) is 4.39. The highest BCUT2D eigenvalue weighted by Crippen LogP contribution is 2.47. The van der Waals surface area contributed by atoms with Gasteiger partial charge in [0.2, 0.25) is 11.8 Å². The molecule has 1 aromatic heterocycles. The lowest BCUT2D eigenvalue weighted by Gasteiger charge is -2.36. The van der Waals surface area contributed by atoms with Crippen molar-refractivity contribution in [2.75, 3.05) is 16.8 Å². The van der Waals surface area contributed by atoms with Gasteiger partial charge in [-0.15, -0.1) is 0 Å². The first kappa shape index (κ1) is 33.0. The van der Waals surface area contributed by atoms with Gasteiger partial charge in [-0.3, -0.25) is 14.4 Å². The summed E-state index contributed by atoms with van der Waals surface area (Å²) in [6.07, 6.45) is 6.02. The zero-order valence-electron chi connectivity index (χ0n) is 27.9. The number of aliphatic hydroxyl groups is 2. The summed E-state index contributed by atoms with van der Waals surface area (Å²) < 4.78 is 0. The van der Waals surface area contributed by atoms with Crippen molar-refractivity contribution < 1.29 is 24.6 Å². The van der Waals surface area contributed by atoms with Crippen LogP contribution in [0.15, 0.2) is 115 Å². The number of hydrogen-bond donors (Lipinski definition) is 4. The van der Waals surface area contributed by atoms with E-state index in [1.54, 1.807) is 47.1 Å². The number of nitrogens with zero attached hydrogens (tertiary/aromatic N) is 2. The molecular formula is C41H40N4O5. The lowest BCUT2D eigenvalue weighted by molar-refractivity contribution is -0.139. The normalized spacial score (nSPS) is 19.1. The second-order valence-corrected chi connectivity index (χ2v) is 13.2. The topological polar surface area (TPSA) is 126 Å². The van der Waals surface area contributed by atoms with Gasteiger partial charge in [-0.2, -0.15) is 0 Å². The third kappa shape index (κ3) is 6.21. The van der Waals surface area contributed by atoms with Crippen LogP contribution in [0.5, 0.6) is 0 Å². The predicted molar refractivity (Wildman–Crippen MR) is 193 cm³/mol. The smallest absolute Gasteiger partial charge is 0.264 e. The Kier molecular flexibility index (Phi) is 9.10. The van der Waals surface area contributed by atoms with E-state index in [9.17, 15) is 24.6 Å². The fourth-order valence-electron chi connectivity index (χ4n) is 7.28. The van der Waals surface area contributed by atoms with Gasteiger partial charge in [0.1, 0.15) is 0 Å². The number of H-pyrrole nitrogens is 1. The second-order valence-electron chi connectivity index (χ2n) is 13.2. The summed E-state index contributed by atoms with van der Waals surface area (Å²) in [5, 5.41) is 26.3. The molecule has 0 radical (unpaired) electrons. The van der Waals surface area contributed by atoms with Crippen LogP contribution in [0.2, 0.25) is 0 Å². The maximum absolute atomic E-state index is 14.2. The Labute approximate surface area is 290 Å². The number of para-hydroxylation sites is 1. The Morgan fingerprint density at radius 3 is 2.54 bits per heavy atom. The fourth-order valence-corrected chi connectivity index (χ4v) is 7.28. The maximum Gasteiger partial charge on any atom is 0.264 e. The molecule has 3 amide bonds. The van der Waals surface area contributed by atoms with E-state index in [0.29, 0.717) is 29.9 Å². The first-order valence-corrected chi connectivity index (χ1v) is 17.0. The Balaban J connectivity index is 1.12. The number of benzene rings is 4. The van der Waals surface area contributed by atoms with Gasteiger partial charge in [0.15, 0.2) is 5.60 Å². The molecule has 4 N–H and O–H groups in total. The molecule has 0 aliphatic carbocycles. The third-order valence-electron chi connectivity index (χ3n) is 10.0. The van der Waals surface area contributed by atoms with Gasteiger partial charge in [0.05, 0.1) is 31.3 Å². The van der Waals surface area contributed by atoms with Gasteiger partial charge in [-0.05, 0) is 52.9 Å². The average molecular weight is 669 g/mol. The van der Waals surface area contributed by atoms with E-state index < -0.39 is 17.4 Å². The molecular weight excluding hydrogens is 628 g/mol. The van der Waals surface area contributed by atoms with Crippen molar-refractivity contribution in [2.24, 2.45) is 5.92 Å². The van der Waals surface area contributed by atoms with E-state index >= 15 is 0 Å². The molecule has 0 saturated carbocycles. The number of aromatic amines is 1. The molecule has 9 heteroatoms. The minimum Gasteiger partial charge on any atom is -0.394 e. The van der Waals surface area contributed by atoms with Crippen molar-refractivity contribution in [3.63, 3.8) is 0 Å². The molecule has 0 unspecified atom stereocenters. The number of rotatable bonds is 10. The molecule has 7 rings (SSSR count). The van der Waals surface area contributed by atoms with Crippen molar-refractivity contribution in [1.29, 1.82) is 0 Å². The van der Waals surface area contributed by atoms with E-state index in [0.717, 1.165) is 33.2 Å². The van der Waals surface area contributed by atoms with Crippen molar-refractivity contribution in [2.45, 2.75) is 50.9 Å². The Bertz CT molecular complexity index is 2090. The fraction of sp³-hybridized carbons (Fsp3) is 0.244. The van der Waals surface area contributed by atoms with E-state index in [2.05, 4.69) is 10.3 Å². The zero-order valence-corrected chi connectivity index (χ0v) is 27.9. The van der Waals surface area contributed by atoms with E-state index in [1.165, 1.54) is 0 Å². The summed E-state index contributed by atoms with van der Waals surface area (Å²) in [5.74, 6) is -1.56. The largest absolute Gasteiger partial charge is 0.394 e. The van der Waals surface area contributed by atoms with Crippen LogP contribution >= 0.6 is 0 Å². The molecule has 2 aliphatic rings. The second kappa shape index (κ2) is 13.8. The van der Waals surface area contributed by atoms with E-state index in [-0.39, 0.29) is 43.8 Å². The summed E-state index contributed by atoms with van der Waals surface area (Å²) >= 11 is 0. The molecule has 0 saturated heterocycles. The number of aliphatic hydroxyl groups excluding tert-OH is 1. The van der Waals surface area contributed by atoms with Crippen LogP contribution in [0.25, 0.3) is 10.9 Å². The van der Waals surface area contributed by atoms with Gasteiger partial charge in [-0.25, -0.2) is 0 Å². The molecule has 50 heavy (non-hydrogen) atoms. The Morgan fingerprint density at radius 2 is 1.74 bits per heavy atom. The molecule has 2 aliphatic heterocycles. The predicted octanol–water partition coefficient (Wildman–Crippen LogP) is 5.61. The standard InChI is InChI=1S/C41H40N4O5/c1-27(10-9-17-39(48)44-25-30-14-6-5-13-29(30)20-33(44)26-46)41(50)35-22-32(43-38(47)21-31-23-42-36-16-8-7-15-34(31)36)18-19-37(35)45(40(41)49)24-28-11-3-2-4-12-28/h2-16,18-19,22-23,27,33,42,46,50H,17,20-21,24-26H2,1H3,(H,43,47)/b10-9+/t27-,33+,41+/m1/s1. The van der Waals surface area contributed by atoms with Crippen LogP contribution in [-0.2, 0) is 45.9 Å². The number of fused-ring (bicyclic) bond motifs is 3. The molecule has 5 aromatic rings. The number of aromatic nitrogens is 1. The van der Waals surface area contributed by atoms with Crippen molar-refractivity contribution in [3.05, 3.63) is 143 Å². The van der Waals surface area contributed by atoms with Crippen molar-refractivity contribution >= 4 is 40.0 Å². The number of hydrogen-bond acceptors (Lipinski definition) is 5. The van der Waals surface area contributed by atoms with E-state index in [1.807, 2.05) is 85.1 Å². The highest BCUT2D eigenvalue weighted by atomic mass is 16.3. The number of nitrogens with one attached hydrogen (secondary N) is 2. The number of amides is 3. The molecule has 0 spiro atoms. The maximum atomic E-state index is 14.2. The van der Waals surface area contributed by atoms with Crippen LogP contribution in [0, 0.1) is 5.92 Å². The Hall–Kier alpha value is -5.51. The van der Waals surface area contributed by atoms with E-state index in [4.69, 9.17) is 0 Å². The van der Waals surface area contributed by atoms with Gasteiger partial charge in [0, 0.05) is 47.2 Å². The summed E-state index contributed by atoms with van der Waals surface area (Å²) in [6.45, 7) is 2.30. The first-order valence-electron chi connectivity index (χ1n) is 17.0. The monoisotopic (exact) mass is 668 g/mol. The molecule has 4 aromatic carbocycles. The molecule has 3 atom stereocenters. The van der Waals surface area contributed by atoms with Gasteiger partial charge in [0.25, 0.3) is 5.91 Å². The van der Waals surface area contributed by atoms with Crippen LogP contribution in [0.4, 0.5) is 11.4 Å². The lowest BCUT2D eigenvalue weighted by Crippen LogP contribution is -2.46. The number of anilines is 2. The van der Waals surface area contributed by atoms with Gasteiger partial charge < -0.3 is 30.3 Å². The van der Waals surface area contributed by atoms with Crippen LogP contribution < -0.4 is 10.2 Å². The molecule has 254 valence electrons. The number of carbonyl (C=O) groups excluding carboxylic acids is 3. The zero-order chi connectivity index (χ0) is 34.8. The minimum atomic E-state index is -1.95. The summed E-state index contributed by atoms with van der Waals surface area (Å²) in [7, 11) is 0. The van der Waals surface area contributed by atoms with Crippen LogP contribution in [0.1, 0.15) is 41.2 Å². The van der Waals surface area contributed by atoms with Crippen molar-refractivity contribution in [3.8, 4) is 0 Å². The molecule has 9 nitrogen and oxygen atoms in total. The van der Waals surface area contributed by atoms with Crippen LogP contribution in [0.3, 0.4) is 0 Å². The first-order chi connectivity index (χ1) is 24.3. The summed E-state index contributed by atoms with van der Waals surface area (Å²) in [6, 6.07) is 30.2. The van der Waals surface area contributed by atoms with Gasteiger partial charge >= 0.3 is 0 Å². The number of carbonyl (C=O) groups is 3. The molecule has 0 bridgehead atoms. The highest BCUT2D eigenvalue weighted by Gasteiger charge is 2.52. The SMILES string of the molecule is C[C@H](/C=C/CC(=O)N1Cc2ccccc2C[C@H]1CO)[C@@]1(O)C(=O)N(Cc2ccccc2)c2ccc(NC(=O)Cc3c[nH]c4ccccc34)cc21. The lowest BCUT2D eigenvalue weighted by atomic mass is 9.82. The minimum absolute atomic E-state index is 0.0534. The molecule has 3 heterocycles. The van der Waals surface area contributed by atoms with Crippen LogP contribution in [-0.4, -0.2) is 50.5 Å². The Morgan fingerprint density at radius 1 is 1.00 bits per heavy atom. The van der Waals surface area contributed by atoms with Crippen molar-refractivity contribution in [1.82, 2.24) is 9.88 Å². The average Bonchev–Trinajstić information content (AvgIpc) is 3.63. The highest BCUT2D eigenvalue weighted by molar-refractivity contribution is 6.08. The molecule has 0 fully saturated rings. The summed E-state index contributed by atoms with van der Waals surface area (Å²) in [4.78, 5) is 47.3.